The van der Waals surface area contributed by atoms with E-state index in [1.54, 1.807) is 7.05 Å². The average molecular weight is 384 g/mol. The lowest BCUT2D eigenvalue weighted by molar-refractivity contribution is -0.200. The van der Waals surface area contributed by atoms with Crippen LogP contribution in [0, 0.1) is 11.8 Å². The Morgan fingerprint density at radius 2 is 2.10 bits per heavy atom. The summed E-state index contributed by atoms with van der Waals surface area (Å²) in [4.78, 5) is 14.8. The first-order valence-corrected chi connectivity index (χ1v) is 8.51. The molecule has 1 heterocycles. The maximum absolute atomic E-state index is 13.1. The molecule has 2 rings (SSSR count). The van der Waals surface area contributed by atoms with E-state index in [2.05, 4.69) is 15.9 Å². The first kappa shape index (κ1) is 16.8. The molecule has 21 heavy (non-hydrogen) atoms. The molecule has 1 saturated carbocycles. The number of hydrogen-bond donors (Lipinski definition) is 0. The Kier molecular flexibility index (Phi) is 5.35. The summed E-state index contributed by atoms with van der Waals surface area (Å²) >= 11 is 4.81. The van der Waals surface area contributed by atoms with Crippen LogP contribution in [0.3, 0.4) is 0 Å². The summed E-state index contributed by atoms with van der Waals surface area (Å²) in [5, 5.41) is 1.90. The lowest BCUT2D eigenvalue weighted by Crippen LogP contribution is -2.43. The second-order valence-electron chi connectivity index (χ2n) is 5.46. The predicted molar refractivity (Wildman–Crippen MR) is 80.0 cm³/mol. The van der Waals surface area contributed by atoms with Crippen LogP contribution in [0.2, 0.25) is 0 Å². The van der Waals surface area contributed by atoms with Crippen molar-refractivity contribution in [3.05, 3.63) is 20.8 Å². The zero-order valence-corrected chi connectivity index (χ0v) is 14.0. The van der Waals surface area contributed by atoms with Crippen molar-refractivity contribution >= 4 is 33.2 Å². The normalized spacial score (nSPS) is 23.1. The van der Waals surface area contributed by atoms with Crippen LogP contribution < -0.4 is 0 Å². The van der Waals surface area contributed by atoms with Gasteiger partial charge >= 0.3 is 6.18 Å². The van der Waals surface area contributed by atoms with E-state index < -0.39 is 18.0 Å². The number of thiophene rings is 1. The molecule has 0 N–H and O–H groups in total. The number of hydrogen-bond acceptors (Lipinski definition) is 2. The summed E-state index contributed by atoms with van der Waals surface area (Å²) in [7, 11) is 1.58. The highest BCUT2D eigenvalue weighted by molar-refractivity contribution is 9.10. The van der Waals surface area contributed by atoms with Crippen molar-refractivity contribution in [3.8, 4) is 0 Å². The van der Waals surface area contributed by atoms with Gasteiger partial charge in [0.05, 0.1) is 12.5 Å². The molecule has 1 amide bonds. The summed E-state index contributed by atoms with van der Waals surface area (Å²) in [5.74, 6) is -2.80. The quantitative estimate of drug-likeness (QED) is 0.731. The van der Waals surface area contributed by atoms with Gasteiger partial charge in [0.1, 0.15) is 0 Å². The molecule has 2 unspecified atom stereocenters. The van der Waals surface area contributed by atoms with E-state index in [4.69, 9.17) is 0 Å². The summed E-state index contributed by atoms with van der Waals surface area (Å²) < 4.78 is 40.1. The van der Waals surface area contributed by atoms with Crippen LogP contribution in [0.15, 0.2) is 15.9 Å². The first-order chi connectivity index (χ1) is 9.79. The second-order valence-corrected chi connectivity index (χ2v) is 7.38. The van der Waals surface area contributed by atoms with Crippen molar-refractivity contribution in [2.75, 3.05) is 7.05 Å². The molecule has 0 saturated heterocycles. The molecule has 1 aromatic rings. The van der Waals surface area contributed by atoms with Gasteiger partial charge in [-0.15, -0.1) is 11.3 Å². The summed E-state index contributed by atoms with van der Waals surface area (Å²) in [6.45, 7) is 0.357. The molecular formula is C14H17BrF3NOS. The SMILES string of the molecule is CN(Cc1cc(Br)cs1)C(=O)C1CCCCC1C(F)(F)F. The van der Waals surface area contributed by atoms with Crippen molar-refractivity contribution in [2.24, 2.45) is 11.8 Å². The molecule has 7 heteroatoms. The lowest BCUT2D eigenvalue weighted by atomic mass is 9.78. The third-order valence-corrected chi connectivity index (χ3v) is 5.58. The molecule has 0 radical (unpaired) electrons. The molecule has 1 aliphatic carbocycles. The Bertz CT molecular complexity index is 503. The zero-order valence-electron chi connectivity index (χ0n) is 11.6. The van der Waals surface area contributed by atoms with Gasteiger partial charge in [-0.25, -0.2) is 0 Å². The van der Waals surface area contributed by atoms with Gasteiger partial charge < -0.3 is 4.90 Å². The third kappa shape index (κ3) is 4.22. The fourth-order valence-corrected chi connectivity index (χ4v) is 4.35. The largest absolute Gasteiger partial charge is 0.392 e. The van der Waals surface area contributed by atoms with E-state index in [0.29, 0.717) is 25.8 Å². The summed E-state index contributed by atoms with van der Waals surface area (Å²) in [5.41, 5.74) is 0. The Balaban J connectivity index is 2.06. The van der Waals surface area contributed by atoms with E-state index in [0.717, 1.165) is 9.35 Å². The van der Waals surface area contributed by atoms with E-state index in [9.17, 15) is 18.0 Å². The lowest BCUT2D eigenvalue weighted by Gasteiger charge is -2.34. The molecule has 1 fully saturated rings. The number of amides is 1. The van der Waals surface area contributed by atoms with Crippen LogP contribution in [0.25, 0.3) is 0 Å². The summed E-state index contributed by atoms with van der Waals surface area (Å²) in [6.07, 6.45) is -2.63. The van der Waals surface area contributed by atoms with Crippen LogP contribution in [0.5, 0.6) is 0 Å². The van der Waals surface area contributed by atoms with Crippen LogP contribution in [0.1, 0.15) is 30.6 Å². The number of nitrogens with zero attached hydrogens (tertiary/aromatic N) is 1. The fourth-order valence-electron chi connectivity index (χ4n) is 2.85. The number of carbonyl (C=O) groups excluding carboxylic acids is 1. The fraction of sp³-hybridized carbons (Fsp3) is 0.643. The second kappa shape index (κ2) is 6.69. The maximum atomic E-state index is 13.1. The molecule has 1 aliphatic rings. The minimum Gasteiger partial charge on any atom is -0.340 e. The van der Waals surface area contributed by atoms with Gasteiger partial charge in [-0.2, -0.15) is 13.2 Å². The standard InChI is InChI=1S/C14H17BrF3NOS/c1-19(7-10-6-9(15)8-21-10)13(20)11-4-2-3-5-12(11)14(16,17)18/h6,8,11-12H,2-5,7H2,1H3. The molecule has 118 valence electrons. The van der Waals surface area contributed by atoms with Crippen molar-refractivity contribution in [1.29, 1.82) is 0 Å². The van der Waals surface area contributed by atoms with Gasteiger partial charge in [-0.05, 0) is 34.8 Å². The molecule has 0 aromatic carbocycles. The smallest absolute Gasteiger partial charge is 0.340 e. The topological polar surface area (TPSA) is 20.3 Å². The number of halogens is 4. The highest BCUT2D eigenvalue weighted by Crippen LogP contribution is 2.42. The molecular weight excluding hydrogens is 367 g/mol. The van der Waals surface area contributed by atoms with Crippen molar-refractivity contribution in [3.63, 3.8) is 0 Å². The Morgan fingerprint density at radius 1 is 1.43 bits per heavy atom. The van der Waals surface area contributed by atoms with Crippen molar-refractivity contribution in [2.45, 2.75) is 38.4 Å². The third-order valence-electron chi connectivity index (χ3n) is 3.89. The Labute approximate surface area is 134 Å². The maximum Gasteiger partial charge on any atom is 0.392 e. The van der Waals surface area contributed by atoms with Crippen molar-refractivity contribution < 1.29 is 18.0 Å². The number of rotatable bonds is 3. The van der Waals surface area contributed by atoms with Gasteiger partial charge in [-0.3, -0.25) is 4.79 Å². The first-order valence-electron chi connectivity index (χ1n) is 6.83. The number of carbonyl (C=O) groups is 1. The molecule has 2 atom stereocenters. The van der Waals surface area contributed by atoms with E-state index in [-0.39, 0.29) is 12.3 Å². The molecule has 0 spiro atoms. The highest BCUT2D eigenvalue weighted by Gasteiger charge is 2.48. The van der Waals surface area contributed by atoms with E-state index in [1.807, 2.05) is 11.4 Å². The van der Waals surface area contributed by atoms with Crippen molar-refractivity contribution in [1.82, 2.24) is 4.90 Å². The Morgan fingerprint density at radius 3 is 2.67 bits per heavy atom. The van der Waals surface area contributed by atoms with Crippen LogP contribution in [-0.4, -0.2) is 24.0 Å². The van der Waals surface area contributed by atoms with Crippen LogP contribution in [-0.2, 0) is 11.3 Å². The highest BCUT2D eigenvalue weighted by atomic mass is 79.9. The van der Waals surface area contributed by atoms with Crippen LogP contribution >= 0.6 is 27.3 Å². The zero-order chi connectivity index (χ0) is 15.6. The van der Waals surface area contributed by atoms with Crippen LogP contribution in [0.4, 0.5) is 13.2 Å². The van der Waals surface area contributed by atoms with Gasteiger partial charge in [-0.1, -0.05) is 12.8 Å². The average Bonchev–Trinajstić information content (AvgIpc) is 2.82. The molecule has 1 aromatic heterocycles. The minimum absolute atomic E-state index is 0.0678. The predicted octanol–water partition coefficient (Wildman–Crippen LogP) is 4.84. The van der Waals surface area contributed by atoms with E-state index in [1.165, 1.54) is 16.2 Å². The molecule has 0 bridgehead atoms. The minimum atomic E-state index is -4.28. The molecule has 0 aliphatic heterocycles. The van der Waals surface area contributed by atoms with Gasteiger partial charge in [0.15, 0.2) is 0 Å². The Hall–Kier alpha value is -0.560. The van der Waals surface area contributed by atoms with Gasteiger partial charge in [0.2, 0.25) is 5.91 Å². The number of alkyl halides is 3. The monoisotopic (exact) mass is 383 g/mol. The molecule has 2 nitrogen and oxygen atoms in total. The summed E-state index contributed by atoms with van der Waals surface area (Å²) in [6, 6.07) is 1.89. The van der Waals surface area contributed by atoms with Gasteiger partial charge in [0.25, 0.3) is 0 Å². The van der Waals surface area contributed by atoms with Gasteiger partial charge in [0, 0.05) is 27.7 Å². The van der Waals surface area contributed by atoms with E-state index >= 15 is 0 Å².